The fourth-order valence-corrected chi connectivity index (χ4v) is 1.43. The van der Waals surface area contributed by atoms with Gasteiger partial charge in [-0.3, -0.25) is 0 Å². The van der Waals surface area contributed by atoms with Gasteiger partial charge in [0.1, 0.15) is 11.6 Å². The van der Waals surface area contributed by atoms with Gasteiger partial charge in [-0.2, -0.15) is 0 Å². The van der Waals surface area contributed by atoms with Crippen LogP contribution < -0.4 is 5.32 Å². The lowest BCUT2D eigenvalue weighted by atomic mass is 10.3. The van der Waals surface area contributed by atoms with E-state index in [1.165, 1.54) is 30.5 Å². The monoisotopic (exact) mass is 267 g/mol. The standard InChI is InChI=1S/C11H7ClFN3O2/c12-7-5-6(1-2-8(7)13)15-9-3-4-14-10(16-9)11(17)18/h1-5H,(H,17,18)(H,14,15,16). The lowest BCUT2D eigenvalue weighted by Gasteiger charge is -2.06. The topological polar surface area (TPSA) is 75.1 Å². The normalized spacial score (nSPS) is 10.1. The molecule has 0 atom stereocenters. The molecule has 0 aliphatic rings. The number of aromatic nitrogens is 2. The number of carboxylic acids is 1. The highest BCUT2D eigenvalue weighted by Gasteiger charge is 2.07. The molecule has 18 heavy (non-hydrogen) atoms. The molecule has 0 saturated carbocycles. The summed E-state index contributed by atoms with van der Waals surface area (Å²) in [5.41, 5.74) is 0.497. The number of carbonyl (C=O) groups is 1. The van der Waals surface area contributed by atoms with Crippen LogP contribution in [0.3, 0.4) is 0 Å². The van der Waals surface area contributed by atoms with Crippen LogP contribution in [0.25, 0.3) is 0 Å². The van der Waals surface area contributed by atoms with Crippen LogP contribution in [0, 0.1) is 5.82 Å². The Hall–Kier alpha value is -2.21. The first-order valence-corrected chi connectivity index (χ1v) is 5.22. The van der Waals surface area contributed by atoms with Crippen molar-refractivity contribution in [2.24, 2.45) is 0 Å². The van der Waals surface area contributed by atoms with E-state index in [1.54, 1.807) is 0 Å². The Morgan fingerprint density at radius 2 is 2.17 bits per heavy atom. The summed E-state index contributed by atoms with van der Waals surface area (Å²) >= 11 is 5.62. The Labute approximate surface area is 106 Å². The van der Waals surface area contributed by atoms with Gasteiger partial charge >= 0.3 is 5.97 Å². The summed E-state index contributed by atoms with van der Waals surface area (Å²) in [5, 5.41) is 11.5. The first-order chi connectivity index (χ1) is 8.56. The predicted molar refractivity (Wildman–Crippen MR) is 63.7 cm³/mol. The minimum Gasteiger partial charge on any atom is -0.475 e. The lowest BCUT2D eigenvalue weighted by molar-refractivity contribution is 0.0683. The number of aromatic carboxylic acids is 1. The predicted octanol–water partition coefficient (Wildman–Crippen LogP) is 2.71. The quantitative estimate of drug-likeness (QED) is 0.894. The van der Waals surface area contributed by atoms with Gasteiger partial charge in [0.05, 0.1) is 5.02 Å². The third kappa shape index (κ3) is 2.72. The summed E-state index contributed by atoms with van der Waals surface area (Å²) in [5.74, 6) is -1.80. The van der Waals surface area contributed by atoms with E-state index in [-0.39, 0.29) is 16.7 Å². The van der Waals surface area contributed by atoms with Gasteiger partial charge in [-0.25, -0.2) is 19.2 Å². The maximum Gasteiger partial charge on any atom is 0.374 e. The zero-order valence-electron chi connectivity index (χ0n) is 8.89. The van der Waals surface area contributed by atoms with E-state index in [4.69, 9.17) is 16.7 Å². The second-order valence-electron chi connectivity index (χ2n) is 3.32. The molecule has 1 aromatic heterocycles. The SMILES string of the molecule is O=C(O)c1nccc(Nc2ccc(F)c(Cl)c2)n1. The van der Waals surface area contributed by atoms with Crippen molar-refractivity contribution in [2.45, 2.75) is 0 Å². The van der Waals surface area contributed by atoms with Crippen molar-refractivity contribution >= 4 is 29.1 Å². The second-order valence-corrected chi connectivity index (χ2v) is 3.73. The molecule has 7 heteroatoms. The van der Waals surface area contributed by atoms with Crippen molar-refractivity contribution in [1.82, 2.24) is 9.97 Å². The van der Waals surface area contributed by atoms with Crippen LogP contribution in [0.2, 0.25) is 5.02 Å². The number of halogens is 2. The first-order valence-electron chi connectivity index (χ1n) is 4.84. The maximum atomic E-state index is 12.9. The fourth-order valence-electron chi connectivity index (χ4n) is 1.25. The van der Waals surface area contributed by atoms with Crippen LogP contribution >= 0.6 is 11.6 Å². The zero-order chi connectivity index (χ0) is 13.1. The van der Waals surface area contributed by atoms with Crippen LogP contribution in [0.4, 0.5) is 15.9 Å². The number of nitrogens with zero attached hydrogens (tertiary/aromatic N) is 2. The summed E-state index contributed by atoms with van der Waals surface area (Å²) in [4.78, 5) is 18.0. The zero-order valence-corrected chi connectivity index (χ0v) is 9.65. The highest BCUT2D eigenvalue weighted by atomic mass is 35.5. The van der Waals surface area contributed by atoms with E-state index in [2.05, 4.69) is 15.3 Å². The van der Waals surface area contributed by atoms with E-state index in [1.807, 2.05) is 0 Å². The molecule has 0 amide bonds. The van der Waals surface area contributed by atoms with Crippen molar-refractivity contribution in [1.29, 1.82) is 0 Å². The number of anilines is 2. The number of hydrogen-bond donors (Lipinski definition) is 2. The molecule has 2 rings (SSSR count). The third-order valence-electron chi connectivity index (χ3n) is 2.04. The molecule has 0 radical (unpaired) electrons. The lowest BCUT2D eigenvalue weighted by Crippen LogP contribution is -2.05. The fraction of sp³-hybridized carbons (Fsp3) is 0. The molecule has 2 aromatic rings. The smallest absolute Gasteiger partial charge is 0.374 e. The maximum absolute atomic E-state index is 12.9. The molecule has 92 valence electrons. The van der Waals surface area contributed by atoms with Gasteiger partial charge < -0.3 is 10.4 Å². The summed E-state index contributed by atoms with van der Waals surface area (Å²) in [7, 11) is 0. The summed E-state index contributed by atoms with van der Waals surface area (Å²) in [6.07, 6.45) is 1.31. The molecule has 0 saturated heterocycles. The van der Waals surface area contributed by atoms with Crippen LogP contribution in [-0.2, 0) is 0 Å². The van der Waals surface area contributed by atoms with Crippen molar-refractivity contribution in [3.8, 4) is 0 Å². The van der Waals surface area contributed by atoms with Gasteiger partial charge in [-0.1, -0.05) is 11.6 Å². The van der Waals surface area contributed by atoms with Crippen LogP contribution in [0.5, 0.6) is 0 Å². The number of nitrogens with one attached hydrogen (secondary N) is 1. The Bertz CT molecular complexity index is 607. The number of carboxylic acid groups (broad SMARTS) is 1. The Morgan fingerprint density at radius 3 is 2.83 bits per heavy atom. The van der Waals surface area contributed by atoms with Gasteiger partial charge in [0.2, 0.25) is 5.82 Å². The number of hydrogen-bond acceptors (Lipinski definition) is 4. The van der Waals surface area contributed by atoms with Crippen molar-refractivity contribution in [3.63, 3.8) is 0 Å². The Kier molecular flexibility index (Phi) is 3.38. The average molecular weight is 268 g/mol. The minimum atomic E-state index is -1.23. The van der Waals surface area contributed by atoms with Gasteiger partial charge in [-0.15, -0.1) is 0 Å². The van der Waals surface area contributed by atoms with Gasteiger partial charge in [0, 0.05) is 11.9 Å². The molecule has 5 nitrogen and oxygen atoms in total. The molecular weight excluding hydrogens is 261 g/mol. The third-order valence-corrected chi connectivity index (χ3v) is 2.33. The molecule has 1 heterocycles. The molecule has 0 unspecified atom stereocenters. The van der Waals surface area contributed by atoms with E-state index in [0.717, 1.165) is 0 Å². The van der Waals surface area contributed by atoms with E-state index >= 15 is 0 Å². The molecule has 2 N–H and O–H groups in total. The Balaban J connectivity index is 2.25. The highest BCUT2D eigenvalue weighted by molar-refractivity contribution is 6.31. The summed E-state index contributed by atoms with van der Waals surface area (Å²) in [6.45, 7) is 0. The molecule has 0 fully saturated rings. The van der Waals surface area contributed by atoms with E-state index < -0.39 is 11.8 Å². The minimum absolute atomic E-state index is 0.0347. The van der Waals surface area contributed by atoms with Crippen LogP contribution in [0.1, 0.15) is 10.6 Å². The average Bonchev–Trinajstić information content (AvgIpc) is 2.34. The van der Waals surface area contributed by atoms with Crippen LogP contribution in [-0.4, -0.2) is 21.0 Å². The first kappa shape index (κ1) is 12.3. The second kappa shape index (κ2) is 4.97. The summed E-state index contributed by atoms with van der Waals surface area (Å²) in [6, 6.07) is 5.52. The molecule has 1 aromatic carbocycles. The van der Waals surface area contributed by atoms with Gasteiger partial charge in [-0.05, 0) is 24.3 Å². The molecule has 0 aliphatic heterocycles. The number of benzene rings is 1. The van der Waals surface area contributed by atoms with E-state index in [0.29, 0.717) is 5.69 Å². The van der Waals surface area contributed by atoms with Crippen molar-refractivity contribution < 1.29 is 14.3 Å². The Morgan fingerprint density at radius 1 is 1.39 bits per heavy atom. The molecule has 0 aliphatic carbocycles. The molecular formula is C11H7ClFN3O2. The van der Waals surface area contributed by atoms with E-state index in [9.17, 15) is 9.18 Å². The molecule has 0 spiro atoms. The van der Waals surface area contributed by atoms with Crippen molar-refractivity contribution in [2.75, 3.05) is 5.32 Å². The largest absolute Gasteiger partial charge is 0.475 e. The van der Waals surface area contributed by atoms with Crippen LogP contribution in [0.15, 0.2) is 30.5 Å². The highest BCUT2D eigenvalue weighted by Crippen LogP contribution is 2.21. The van der Waals surface area contributed by atoms with Crippen molar-refractivity contribution in [3.05, 3.63) is 47.1 Å². The number of rotatable bonds is 3. The molecule has 0 bridgehead atoms. The van der Waals surface area contributed by atoms with Gasteiger partial charge in [0.25, 0.3) is 0 Å². The van der Waals surface area contributed by atoms with Gasteiger partial charge in [0.15, 0.2) is 0 Å². The summed E-state index contributed by atoms with van der Waals surface area (Å²) < 4.78 is 12.9.